The van der Waals surface area contributed by atoms with Gasteiger partial charge in [0.1, 0.15) is 0 Å². The van der Waals surface area contributed by atoms with Crippen molar-refractivity contribution in [3.05, 3.63) is 0 Å². The van der Waals surface area contributed by atoms with Crippen molar-refractivity contribution in [2.75, 3.05) is 52.4 Å². The van der Waals surface area contributed by atoms with Crippen LogP contribution in [0.25, 0.3) is 0 Å². The number of amides is 4. The molecule has 2 fully saturated rings. The number of nitrogens with zero attached hydrogens (tertiary/aromatic N) is 4. The molecule has 0 saturated carbocycles. The molecule has 0 aromatic carbocycles. The number of hydrogen-bond donors (Lipinski definition) is 0. The summed E-state index contributed by atoms with van der Waals surface area (Å²) < 4.78 is 0. The zero-order valence-electron chi connectivity index (χ0n) is 16.9. The van der Waals surface area contributed by atoms with Gasteiger partial charge in [-0.15, -0.1) is 0 Å². The van der Waals surface area contributed by atoms with E-state index in [0.717, 1.165) is 90.6 Å². The van der Waals surface area contributed by atoms with Gasteiger partial charge in [0.15, 0.2) is 0 Å². The Morgan fingerprint density at radius 2 is 1.00 bits per heavy atom. The van der Waals surface area contributed by atoms with Gasteiger partial charge < -0.3 is 19.6 Å². The Morgan fingerprint density at radius 3 is 1.31 bits per heavy atom. The van der Waals surface area contributed by atoms with Crippen LogP contribution in [0, 0.1) is 0 Å². The van der Waals surface area contributed by atoms with Crippen molar-refractivity contribution in [1.82, 2.24) is 19.6 Å². The predicted octanol–water partition coefficient (Wildman–Crippen LogP) is 3.62. The van der Waals surface area contributed by atoms with Crippen LogP contribution in [-0.2, 0) is 0 Å². The molecule has 2 rings (SSSR count). The smallest absolute Gasteiger partial charge is 0.320 e. The molecule has 0 aromatic heterocycles. The Labute approximate surface area is 159 Å². The summed E-state index contributed by atoms with van der Waals surface area (Å²) >= 11 is 0. The van der Waals surface area contributed by atoms with E-state index in [9.17, 15) is 9.59 Å². The summed E-state index contributed by atoms with van der Waals surface area (Å²) in [7, 11) is 0. The van der Waals surface area contributed by atoms with Crippen molar-refractivity contribution < 1.29 is 9.59 Å². The lowest BCUT2D eigenvalue weighted by molar-refractivity contribution is 0.139. The van der Waals surface area contributed by atoms with E-state index in [4.69, 9.17) is 0 Å². The highest BCUT2D eigenvalue weighted by molar-refractivity contribution is 5.76. The molecule has 26 heavy (non-hydrogen) atoms. The molecule has 4 amide bonds. The maximum atomic E-state index is 12.8. The fourth-order valence-electron chi connectivity index (χ4n) is 3.76. The average Bonchev–Trinajstić information content (AvgIpc) is 3.36. The third-order valence-corrected chi connectivity index (χ3v) is 5.50. The number of urea groups is 2. The molecule has 0 spiro atoms. The molecular formula is C20H38N4O2. The lowest BCUT2D eigenvalue weighted by atomic mass is 10.3. The Hall–Kier alpha value is -1.46. The highest BCUT2D eigenvalue weighted by Gasteiger charge is 2.26. The first-order chi connectivity index (χ1) is 12.7. The summed E-state index contributed by atoms with van der Waals surface area (Å²) in [6.45, 7) is 10.7. The molecule has 6 heteroatoms. The Morgan fingerprint density at radius 1 is 0.654 bits per heavy atom. The first-order valence-corrected chi connectivity index (χ1v) is 10.7. The highest BCUT2D eigenvalue weighted by Crippen LogP contribution is 2.14. The summed E-state index contributed by atoms with van der Waals surface area (Å²) in [4.78, 5) is 33.6. The molecule has 2 heterocycles. The monoisotopic (exact) mass is 366 g/mol. The molecule has 0 atom stereocenters. The number of carbonyl (C=O) groups excluding carboxylic acids is 2. The van der Waals surface area contributed by atoms with Gasteiger partial charge in [-0.05, 0) is 38.5 Å². The molecule has 0 radical (unpaired) electrons. The van der Waals surface area contributed by atoms with Gasteiger partial charge in [0.25, 0.3) is 0 Å². The Bertz CT molecular complexity index is 392. The van der Waals surface area contributed by atoms with E-state index in [2.05, 4.69) is 13.8 Å². The van der Waals surface area contributed by atoms with Crippen LogP contribution in [0.5, 0.6) is 0 Å². The lowest BCUT2D eigenvalue weighted by Crippen LogP contribution is -2.49. The van der Waals surface area contributed by atoms with Crippen molar-refractivity contribution in [1.29, 1.82) is 0 Å². The van der Waals surface area contributed by atoms with E-state index < -0.39 is 0 Å². The minimum Gasteiger partial charge on any atom is -0.325 e. The van der Waals surface area contributed by atoms with Gasteiger partial charge in [0.2, 0.25) is 0 Å². The maximum absolute atomic E-state index is 12.8. The fourth-order valence-corrected chi connectivity index (χ4v) is 3.76. The lowest BCUT2D eigenvalue weighted by Gasteiger charge is -2.32. The molecule has 0 aromatic rings. The number of rotatable bonds is 9. The second-order valence-electron chi connectivity index (χ2n) is 7.63. The van der Waals surface area contributed by atoms with E-state index in [-0.39, 0.29) is 12.1 Å². The van der Waals surface area contributed by atoms with Gasteiger partial charge in [0.05, 0.1) is 0 Å². The maximum Gasteiger partial charge on any atom is 0.320 e. The molecule has 6 nitrogen and oxygen atoms in total. The molecule has 0 aliphatic carbocycles. The van der Waals surface area contributed by atoms with Crippen LogP contribution in [0.3, 0.4) is 0 Å². The van der Waals surface area contributed by atoms with E-state index in [0.29, 0.717) is 13.1 Å². The van der Waals surface area contributed by atoms with Crippen molar-refractivity contribution in [3.8, 4) is 0 Å². The molecule has 2 aliphatic rings. The number of likely N-dealkylation sites (tertiary alicyclic amines) is 2. The first-order valence-electron chi connectivity index (χ1n) is 10.7. The molecule has 0 bridgehead atoms. The van der Waals surface area contributed by atoms with E-state index in [1.165, 1.54) is 0 Å². The summed E-state index contributed by atoms with van der Waals surface area (Å²) in [5, 5.41) is 0. The van der Waals surface area contributed by atoms with Crippen LogP contribution in [0.2, 0.25) is 0 Å². The van der Waals surface area contributed by atoms with E-state index >= 15 is 0 Å². The largest absolute Gasteiger partial charge is 0.325 e. The van der Waals surface area contributed by atoms with Gasteiger partial charge in [-0.2, -0.15) is 0 Å². The standard InChI is InChI=1S/C20H38N4O2/c1-3-5-11-23(19(25)21-13-7-8-14-21)17-18-24(12-6-4-2)20(26)22-15-9-10-16-22/h3-18H2,1-2H3. The van der Waals surface area contributed by atoms with Crippen LogP contribution >= 0.6 is 0 Å². The third kappa shape index (κ3) is 6.06. The minimum absolute atomic E-state index is 0.167. The molecule has 150 valence electrons. The van der Waals surface area contributed by atoms with E-state index in [1.807, 2.05) is 19.6 Å². The predicted molar refractivity (Wildman–Crippen MR) is 105 cm³/mol. The normalized spacial score (nSPS) is 17.0. The fraction of sp³-hybridized carbons (Fsp3) is 0.900. The van der Waals surface area contributed by atoms with Crippen molar-refractivity contribution in [2.45, 2.75) is 65.2 Å². The van der Waals surface area contributed by atoms with Crippen molar-refractivity contribution >= 4 is 12.1 Å². The molecular weight excluding hydrogens is 328 g/mol. The Balaban J connectivity index is 1.93. The van der Waals surface area contributed by atoms with Gasteiger partial charge >= 0.3 is 12.1 Å². The van der Waals surface area contributed by atoms with Crippen LogP contribution in [-0.4, -0.2) is 84.0 Å². The quantitative estimate of drug-likeness (QED) is 0.626. The summed E-state index contributed by atoms with van der Waals surface area (Å²) in [6.07, 6.45) is 8.66. The number of unbranched alkanes of at least 4 members (excludes halogenated alkanes) is 2. The summed E-state index contributed by atoms with van der Waals surface area (Å²) in [5.41, 5.74) is 0. The van der Waals surface area contributed by atoms with Gasteiger partial charge in [-0.1, -0.05) is 26.7 Å². The minimum atomic E-state index is 0.167. The van der Waals surface area contributed by atoms with Crippen LogP contribution < -0.4 is 0 Å². The van der Waals surface area contributed by atoms with Crippen molar-refractivity contribution in [2.24, 2.45) is 0 Å². The van der Waals surface area contributed by atoms with Crippen molar-refractivity contribution in [3.63, 3.8) is 0 Å². The zero-order chi connectivity index (χ0) is 18.8. The second-order valence-corrected chi connectivity index (χ2v) is 7.63. The molecule has 2 saturated heterocycles. The SMILES string of the molecule is CCCCN(CCN(CCCC)C(=O)N1CCCC1)C(=O)N1CCCC1. The van der Waals surface area contributed by atoms with E-state index in [1.54, 1.807) is 0 Å². The van der Waals surface area contributed by atoms with Crippen LogP contribution in [0.1, 0.15) is 65.2 Å². The second kappa shape index (κ2) is 11.3. The van der Waals surface area contributed by atoms with Crippen LogP contribution in [0.4, 0.5) is 9.59 Å². The third-order valence-electron chi connectivity index (χ3n) is 5.50. The van der Waals surface area contributed by atoms with Crippen LogP contribution in [0.15, 0.2) is 0 Å². The van der Waals surface area contributed by atoms with Gasteiger partial charge in [-0.3, -0.25) is 0 Å². The number of carbonyl (C=O) groups is 2. The van der Waals surface area contributed by atoms with Gasteiger partial charge in [0, 0.05) is 52.4 Å². The summed E-state index contributed by atoms with van der Waals surface area (Å²) in [5.74, 6) is 0. The zero-order valence-corrected chi connectivity index (χ0v) is 16.9. The highest BCUT2D eigenvalue weighted by atomic mass is 16.2. The average molecular weight is 367 g/mol. The van der Waals surface area contributed by atoms with Gasteiger partial charge in [-0.25, -0.2) is 9.59 Å². The first kappa shape index (κ1) is 20.8. The number of hydrogen-bond acceptors (Lipinski definition) is 2. The molecule has 0 N–H and O–H groups in total. The topological polar surface area (TPSA) is 47.1 Å². The molecule has 0 unspecified atom stereocenters. The summed E-state index contributed by atoms with van der Waals surface area (Å²) in [6, 6.07) is 0.333. The Kier molecular flexibility index (Phi) is 9.06. The molecule has 2 aliphatic heterocycles.